The number of nitrogens with one attached hydrogen (secondary N) is 1. The van der Waals surface area contributed by atoms with E-state index in [0.717, 1.165) is 17.5 Å². The number of aromatic nitrogens is 2. The fourth-order valence-electron chi connectivity index (χ4n) is 2.82. The van der Waals surface area contributed by atoms with Crippen molar-refractivity contribution < 1.29 is 8.42 Å². The molecule has 0 aliphatic rings. The number of anilines is 1. The van der Waals surface area contributed by atoms with E-state index in [1.165, 1.54) is 11.9 Å². The smallest absolute Gasteiger partial charge is 0.263 e. The first-order chi connectivity index (χ1) is 13.3. The summed E-state index contributed by atoms with van der Waals surface area (Å²) < 4.78 is 28.3. The van der Waals surface area contributed by atoms with Gasteiger partial charge in [-0.1, -0.05) is 68.8 Å². The quantitative estimate of drug-likeness (QED) is 0.555. The number of benzene rings is 2. The third kappa shape index (κ3) is 4.34. The molecule has 28 heavy (non-hydrogen) atoms. The lowest BCUT2D eigenvalue weighted by Gasteiger charge is -2.13. The summed E-state index contributed by atoms with van der Waals surface area (Å²) in [6, 6.07) is 14.5. The fourth-order valence-corrected chi connectivity index (χ4v) is 4.09. The van der Waals surface area contributed by atoms with Crippen molar-refractivity contribution in [2.45, 2.75) is 38.0 Å². The van der Waals surface area contributed by atoms with Gasteiger partial charge in [0.1, 0.15) is 11.5 Å². The Kier molecular flexibility index (Phi) is 6.01. The second-order valence-electron chi connectivity index (χ2n) is 6.77. The predicted octanol–water partition coefficient (Wildman–Crippen LogP) is 5.28. The maximum atomic E-state index is 12.9. The lowest BCUT2D eigenvalue weighted by molar-refractivity contribution is 0.601. The maximum Gasteiger partial charge on any atom is 0.263 e. The Bertz CT molecular complexity index is 1060. The van der Waals surface area contributed by atoms with Crippen molar-refractivity contribution >= 4 is 27.4 Å². The highest BCUT2D eigenvalue weighted by atomic mass is 35.5. The molecule has 0 saturated carbocycles. The van der Waals surface area contributed by atoms with Crippen molar-refractivity contribution in [2.24, 2.45) is 0 Å². The maximum absolute atomic E-state index is 12.9. The van der Waals surface area contributed by atoms with Gasteiger partial charge in [0, 0.05) is 0 Å². The van der Waals surface area contributed by atoms with Crippen LogP contribution < -0.4 is 4.72 Å². The molecular weight excluding hydrogens is 394 g/mol. The summed E-state index contributed by atoms with van der Waals surface area (Å²) in [6.45, 7) is 6.18. The van der Waals surface area contributed by atoms with E-state index in [1.807, 2.05) is 36.4 Å². The standard InChI is InChI=1S/C21H22ClN3O2S/c1-4-15-5-7-17(8-6-15)19-20(22)23-13-24-21(19)25-28(26,27)18-11-9-16(10-12-18)14(2)3/h5-14H,4H2,1-3H3,(H,23,24,25). The minimum Gasteiger partial charge on any atom is -0.263 e. The van der Waals surface area contributed by atoms with Crippen LogP contribution in [0.5, 0.6) is 0 Å². The summed E-state index contributed by atoms with van der Waals surface area (Å²) in [5.74, 6) is 0.472. The highest BCUT2D eigenvalue weighted by molar-refractivity contribution is 7.92. The van der Waals surface area contributed by atoms with Gasteiger partial charge in [0.25, 0.3) is 10.0 Å². The number of nitrogens with zero attached hydrogens (tertiary/aromatic N) is 2. The summed E-state index contributed by atoms with van der Waals surface area (Å²) >= 11 is 6.28. The molecule has 5 nitrogen and oxygen atoms in total. The van der Waals surface area contributed by atoms with Crippen LogP contribution in [0.3, 0.4) is 0 Å². The first kappa shape index (κ1) is 20.3. The minimum atomic E-state index is -3.81. The van der Waals surface area contributed by atoms with E-state index in [9.17, 15) is 8.42 Å². The molecular formula is C21H22ClN3O2S. The molecule has 1 heterocycles. The Morgan fingerprint density at radius 2 is 1.64 bits per heavy atom. The normalized spacial score (nSPS) is 11.6. The lowest BCUT2D eigenvalue weighted by Crippen LogP contribution is -2.15. The van der Waals surface area contributed by atoms with Crippen LogP contribution in [0.25, 0.3) is 11.1 Å². The first-order valence-corrected chi connectivity index (χ1v) is 10.9. The van der Waals surface area contributed by atoms with E-state index >= 15 is 0 Å². The number of sulfonamides is 1. The van der Waals surface area contributed by atoms with Crippen molar-refractivity contribution in [2.75, 3.05) is 4.72 Å². The summed E-state index contributed by atoms with van der Waals surface area (Å²) in [7, 11) is -3.81. The molecule has 0 radical (unpaired) electrons. The van der Waals surface area contributed by atoms with Crippen LogP contribution in [0, 0.1) is 0 Å². The molecule has 0 amide bonds. The van der Waals surface area contributed by atoms with Crippen molar-refractivity contribution in [1.29, 1.82) is 0 Å². The largest absolute Gasteiger partial charge is 0.263 e. The van der Waals surface area contributed by atoms with Crippen molar-refractivity contribution in [3.8, 4) is 11.1 Å². The van der Waals surface area contributed by atoms with Crippen LogP contribution in [0.4, 0.5) is 5.82 Å². The van der Waals surface area contributed by atoms with Crippen molar-refractivity contribution in [3.05, 3.63) is 71.1 Å². The molecule has 2 aromatic carbocycles. The zero-order valence-electron chi connectivity index (χ0n) is 16.0. The SMILES string of the molecule is CCc1ccc(-c2c(Cl)ncnc2NS(=O)(=O)c2ccc(C(C)C)cc2)cc1. The summed E-state index contributed by atoms with van der Waals surface area (Å²) in [6.07, 6.45) is 2.15. The molecule has 0 unspecified atom stereocenters. The van der Waals surface area contributed by atoms with E-state index in [-0.39, 0.29) is 15.9 Å². The molecule has 0 spiro atoms. The van der Waals surface area contributed by atoms with E-state index in [1.54, 1.807) is 12.1 Å². The molecule has 146 valence electrons. The van der Waals surface area contributed by atoms with Gasteiger partial charge in [-0.3, -0.25) is 4.72 Å². The van der Waals surface area contributed by atoms with Crippen LogP contribution in [-0.4, -0.2) is 18.4 Å². The van der Waals surface area contributed by atoms with Gasteiger partial charge in [-0.15, -0.1) is 0 Å². The van der Waals surface area contributed by atoms with E-state index < -0.39 is 10.0 Å². The lowest BCUT2D eigenvalue weighted by atomic mass is 10.0. The molecule has 0 atom stereocenters. The Morgan fingerprint density at radius 3 is 2.21 bits per heavy atom. The molecule has 0 bridgehead atoms. The number of hydrogen-bond acceptors (Lipinski definition) is 4. The monoisotopic (exact) mass is 415 g/mol. The summed E-state index contributed by atoms with van der Waals surface area (Å²) in [4.78, 5) is 8.31. The van der Waals surface area contributed by atoms with Crippen molar-refractivity contribution in [1.82, 2.24) is 9.97 Å². The number of rotatable bonds is 6. The third-order valence-corrected chi connectivity index (χ3v) is 6.18. The van der Waals surface area contributed by atoms with Crippen LogP contribution in [-0.2, 0) is 16.4 Å². The zero-order valence-corrected chi connectivity index (χ0v) is 17.6. The van der Waals surface area contributed by atoms with Crippen LogP contribution in [0.1, 0.15) is 37.8 Å². The van der Waals surface area contributed by atoms with Gasteiger partial charge in [-0.05, 0) is 41.2 Å². The van der Waals surface area contributed by atoms with Gasteiger partial charge in [0.05, 0.1) is 10.5 Å². The van der Waals surface area contributed by atoms with Crippen LogP contribution in [0.15, 0.2) is 59.8 Å². The zero-order chi connectivity index (χ0) is 20.3. The fraction of sp³-hybridized carbons (Fsp3) is 0.238. The summed E-state index contributed by atoms with van der Waals surface area (Å²) in [5.41, 5.74) is 3.44. The predicted molar refractivity (Wildman–Crippen MR) is 113 cm³/mol. The van der Waals surface area contributed by atoms with Crippen LogP contribution >= 0.6 is 11.6 Å². The van der Waals surface area contributed by atoms with E-state index in [0.29, 0.717) is 11.5 Å². The molecule has 0 fully saturated rings. The molecule has 1 aromatic heterocycles. The Hall–Kier alpha value is -2.44. The Balaban J connectivity index is 1.98. The topological polar surface area (TPSA) is 72.0 Å². The van der Waals surface area contributed by atoms with Gasteiger partial charge >= 0.3 is 0 Å². The second-order valence-corrected chi connectivity index (χ2v) is 8.81. The van der Waals surface area contributed by atoms with Gasteiger partial charge in [0.2, 0.25) is 0 Å². The Morgan fingerprint density at radius 1 is 1.00 bits per heavy atom. The van der Waals surface area contributed by atoms with Gasteiger partial charge in [-0.2, -0.15) is 0 Å². The Labute approximate surface area is 170 Å². The van der Waals surface area contributed by atoms with Gasteiger partial charge in [-0.25, -0.2) is 18.4 Å². The number of halogens is 1. The number of aryl methyl sites for hydroxylation is 1. The van der Waals surface area contributed by atoms with Gasteiger partial charge < -0.3 is 0 Å². The highest BCUT2D eigenvalue weighted by Crippen LogP contribution is 2.33. The molecule has 0 aliphatic heterocycles. The van der Waals surface area contributed by atoms with E-state index in [4.69, 9.17) is 11.6 Å². The average molecular weight is 416 g/mol. The molecule has 3 rings (SSSR count). The van der Waals surface area contributed by atoms with E-state index in [2.05, 4.69) is 35.5 Å². The van der Waals surface area contributed by atoms with Gasteiger partial charge in [0.15, 0.2) is 5.82 Å². The second kappa shape index (κ2) is 8.29. The average Bonchev–Trinajstić information content (AvgIpc) is 2.68. The molecule has 0 saturated heterocycles. The van der Waals surface area contributed by atoms with Crippen molar-refractivity contribution in [3.63, 3.8) is 0 Å². The highest BCUT2D eigenvalue weighted by Gasteiger charge is 2.20. The first-order valence-electron chi connectivity index (χ1n) is 9.04. The molecule has 3 aromatic rings. The van der Waals surface area contributed by atoms with Crippen LogP contribution in [0.2, 0.25) is 5.15 Å². The summed E-state index contributed by atoms with van der Waals surface area (Å²) in [5, 5.41) is 0.187. The molecule has 0 aliphatic carbocycles. The molecule has 7 heteroatoms. The third-order valence-electron chi connectivity index (χ3n) is 4.54. The minimum absolute atomic E-state index is 0.150. The number of hydrogen-bond donors (Lipinski definition) is 1. The molecule has 1 N–H and O–H groups in total.